The van der Waals surface area contributed by atoms with Crippen LogP contribution in [-0.2, 0) is 0 Å². The maximum Gasteiger partial charge on any atom is 0.158 e. The standard InChI is InChI=1S/C21H20FN5/c1-15-14-20-23-21(16-6-2-4-8-18(16)27(20)24-15)26-12-10-25(11-13-26)19-9-5-3-7-17(19)22/h2-9,14H,10-13H2,1H3. The van der Waals surface area contributed by atoms with Crippen molar-refractivity contribution in [3.63, 3.8) is 0 Å². The van der Waals surface area contributed by atoms with Gasteiger partial charge in [0.25, 0.3) is 0 Å². The van der Waals surface area contributed by atoms with Gasteiger partial charge in [-0.05, 0) is 31.2 Å². The first-order chi connectivity index (χ1) is 13.2. The highest BCUT2D eigenvalue weighted by molar-refractivity contribution is 5.91. The van der Waals surface area contributed by atoms with Gasteiger partial charge in [-0.1, -0.05) is 24.3 Å². The van der Waals surface area contributed by atoms with Gasteiger partial charge in [0.2, 0.25) is 0 Å². The van der Waals surface area contributed by atoms with Gasteiger partial charge >= 0.3 is 0 Å². The highest BCUT2D eigenvalue weighted by Gasteiger charge is 2.22. The zero-order chi connectivity index (χ0) is 18.4. The van der Waals surface area contributed by atoms with Gasteiger partial charge in [-0.3, -0.25) is 0 Å². The molecule has 2 aromatic heterocycles. The van der Waals surface area contributed by atoms with Gasteiger partial charge in [-0.25, -0.2) is 13.9 Å². The summed E-state index contributed by atoms with van der Waals surface area (Å²) in [4.78, 5) is 9.30. The van der Waals surface area contributed by atoms with E-state index in [0.29, 0.717) is 5.69 Å². The minimum Gasteiger partial charge on any atom is -0.366 e. The topological polar surface area (TPSA) is 36.7 Å². The molecule has 2 aromatic carbocycles. The van der Waals surface area contributed by atoms with Crippen LogP contribution < -0.4 is 9.80 Å². The average molecular weight is 361 g/mol. The van der Waals surface area contributed by atoms with Gasteiger partial charge in [0, 0.05) is 37.6 Å². The monoisotopic (exact) mass is 361 g/mol. The number of aryl methyl sites for hydroxylation is 1. The Morgan fingerprint density at radius 3 is 2.41 bits per heavy atom. The predicted molar refractivity (Wildman–Crippen MR) is 106 cm³/mol. The van der Waals surface area contributed by atoms with Gasteiger partial charge in [-0.15, -0.1) is 0 Å². The molecule has 0 spiro atoms. The predicted octanol–water partition coefficient (Wildman–Crippen LogP) is 3.66. The van der Waals surface area contributed by atoms with Crippen LogP contribution >= 0.6 is 0 Å². The minimum atomic E-state index is -0.161. The Balaban J connectivity index is 1.50. The molecule has 0 atom stereocenters. The molecule has 3 heterocycles. The molecule has 0 radical (unpaired) electrons. The van der Waals surface area contributed by atoms with Crippen molar-refractivity contribution in [2.24, 2.45) is 0 Å². The number of rotatable bonds is 2. The zero-order valence-corrected chi connectivity index (χ0v) is 15.1. The number of fused-ring (bicyclic) bond motifs is 3. The summed E-state index contributed by atoms with van der Waals surface area (Å²) in [5, 5.41) is 5.66. The van der Waals surface area contributed by atoms with Crippen molar-refractivity contribution < 1.29 is 4.39 Å². The van der Waals surface area contributed by atoms with Gasteiger partial charge in [0.1, 0.15) is 11.6 Å². The highest BCUT2D eigenvalue weighted by Crippen LogP contribution is 2.28. The number of hydrogen-bond acceptors (Lipinski definition) is 4. The number of para-hydroxylation sites is 2. The third-order valence-corrected chi connectivity index (χ3v) is 5.18. The summed E-state index contributed by atoms with van der Waals surface area (Å²) in [7, 11) is 0. The van der Waals surface area contributed by atoms with E-state index in [0.717, 1.165) is 54.2 Å². The molecule has 0 amide bonds. The summed E-state index contributed by atoms with van der Waals surface area (Å²) in [6.07, 6.45) is 0. The summed E-state index contributed by atoms with van der Waals surface area (Å²) in [6, 6.07) is 17.2. The number of halogens is 1. The lowest BCUT2D eigenvalue weighted by Gasteiger charge is -2.37. The van der Waals surface area contributed by atoms with Crippen molar-refractivity contribution >= 4 is 28.1 Å². The number of anilines is 2. The molecule has 6 heteroatoms. The van der Waals surface area contributed by atoms with Gasteiger partial charge in [0.15, 0.2) is 5.65 Å². The fraction of sp³-hybridized carbons (Fsp3) is 0.238. The Kier molecular flexibility index (Phi) is 3.70. The van der Waals surface area contributed by atoms with Crippen molar-refractivity contribution in [2.45, 2.75) is 6.92 Å². The lowest BCUT2D eigenvalue weighted by Crippen LogP contribution is -2.47. The Bertz CT molecular complexity index is 1130. The molecule has 5 rings (SSSR count). The normalized spacial score (nSPS) is 15.0. The maximum absolute atomic E-state index is 14.1. The van der Waals surface area contributed by atoms with E-state index in [1.54, 1.807) is 6.07 Å². The molecule has 0 saturated carbocycles. The van der Waals surface area contributed by atoms with Crippen LogP contribution in [0.15, 0.2) is 54.6 Å². The van der Waals surface area contributed by atoms with E-state index < -0.39 is 0 Å². The maximum atomic E-state index is 14.1. The van der Waals surface area contributed by atoms with E-state index in [4.69, 9.17) is 4.98 Å². The third kappa shape index (κ3) is 2.68. The van der Waals surface area contributed by atoms with Crippen molar-refractivity contribution in [1.29, 1.82) is 0 Å². The second-order valence-electron chi connectivity index (χ2n) is 6.93. The number of aromatic nitrogens is 3. The molecular formula is C21H20FN5. The molecule has 136 valence electrons. The minimum absolute atomic E-state index is 0.161. The molecule has 5 nitrogen and oxygen atoms in total. The van der Waals surface area contributed by atoms with Crippen LogP contribution in [0.1, 0.15) is 5.69 Å². The molecule has 0 unspecified atom stereocenters. The largest absolute Gasteiger partial charge is 0.366 e. The molecule has 1 aliphatic rings. The zero-order valence-electron chi connectivity index (χ0n) is 15.1. The van der Waals surface area contributed by atoms with Crippen molar-refractivity contribution in [1.82, 2.24) is 14.6 Å². The first-order valence-corrected chi connectivity index (χ1v) is 9.20. The molecule has 4 aromatic rings. The number of hydrogen-bond donors (Lipinski definition) is 0. The van der Waals surface area contributed by atoms with Crippen molar-refractivity contribution in [2.75, 3.05) is 36.0 Å². The first-order valence-electron chi connectivity index (χ1n) is 9.20. The summed E-state index contributed by atoms with van der Waals surface area (Å²) >= 11 is 0. The molecule has 1 saturated heterocycles. The molecule has 0 bridgehead atoms. The van der Waals surface area contributed by atoms with E-state index in [9.17, 15) is 4.39 Å². The summed E-state index contributed by atoms with van der Waals surface area (Å²) in [5.41, 5.74) is 3.55. The fourth-order valence-corrected chi connectivity index (χ4v) is 3.87. The lowest BCUT2D eigenvalue weighted by atomic mass is 10.2. The van der Waals surface area contributed by atoms with E-state index >= 15 is 0 Å². The van der Waals surface area contributed by atoms with Gasteiger partial charge in [-0.2, -0.15) is 5.10 Å². The smallest absolute Gasteiger partial charge is 0.158 e. The summed E-state index contributed by atoms with van der Waals surface area (Å²) in [5.74, 6) is 0.817. The van der Waals surface area contributed by atoms with Crippen molar-refractivity contribution in [3.05, 3.63) is 66.1 Å². The van der Waals surface area contributed by atoms with Crippen LogP contribution in [0.2, 0.25) is 0 Å². The second kappa shape index (κ2) is 6.23. The highest BCUT2D eigenvalue weighted by atomic mass is 19.1. The summed E-state index contributed by atoms with van der Waals surface area (Å²) < 4.78 is 16.0. The Morgan fingerprint density at radius 1 is 0.889 bits per heavy atom. The summed E-state index contributed by atoms with van der Waals surface area (Å²) in [6.45, 7) is 5.11. The Labute approximate surface area is 156 Å². The van der Waals surface area contributed by atoms with E-state index in [-0.39, 0.29) is 5.82 Å². The second-order valence-corrected chi connectivity index (χ2v) is 6.93. The van der Waals surface area contributed by atoms with E-state index in [2.05, 4.69) is 27.0 Å². The number of nitrogens with zero attached hydrogens (tertiary/aromatic N) is 5. The SMILES string of the molecule is Cc1cc2nc(N3CCN(c4ccccc4F)CC3)c3ccccc3n2n1. The van der Waals surface area contributed by atoms with Gasteiger partial charge in [0.05, 0.1) is 16.9 Å². The molecule has 27 heavy (non-hydrogen) atoms. The molecular weight excluding hydrogens is 341 g/mol. The quantitative estimate of drug-likeness (QED) is 0.546. The van der Waals surface area contributed by atoms with Crippen LogP contribution in [-0.4, -0.2) is 40.8 Å². The molecule has 1 fully saturated rings. The van der Waals surface area contributed by atoms with Crippen LogP contribution in [0.4, 0.5) is 15.9 Å². The third-order valence-electron chi connectivity index (χ3n) is 5.18. The van der Waals surface area contributed by atoms with Crippen LogP contribution in [0.3, 0.4) is 0 Å². The average Bonchev–Trinajstić information content (AvgIpc) is 3.08. The Hall–Kier alpha value is -3.15. The van der Waals surface area contributed by atoms with Crippen LogP contribution in [0, 0.1) is 12.7 Å². The van der Waals surface area contributed by atoms with Crippen LogP contribution in [0.5, 0.6) is 0 Å². The van der Waals surface area contributed by atoms with Gasteiger partial charge < -0.3 is 9.80 Å². The van der Waals surface area contributed by atoms with E-state index in [1.807, 2.05) is 41.8 Å². The molecule has 0 N–H and O–H groups in total. The number of piperazine rings is 1. The van der Waals surface area contributed by atoms with Crippen LogP contribution in [0.25, 0.3) is 16.6 Å². The van der Waals surface area contributed by atoms with Crippen molar-refractivity contribution in [3.8, 4) is 0 Å². The fourth-order valence-electron chi connectivity index (χ4n) is 3.87. The first kappa shape index (κ1) is 16.1. The Morgan fingerprint density at radius 2 is 1.59 bits per heavy atom. The lowest BCUT2D eigenvalue weighted by molar-refractivity contribution is 0.597. The molecule has 0 aliphatic carbocycles. The van der Waals surface area contributed by atoms with E-state index in [1.165, 1.54) is 6.07 Å². The number of benzene rings is 2. The molecule has 1 aliphatic heterocycles.